The Hall–Kier alpha value is -4.69. The molecule has 0 radical (unpaired) electrons. The number of anilines is 2. The highest BCUT2D eigenvalue weighted by molar-refractivity contribution is 6.04. The molecule has 10 nitrogen and oxygen atoms in total. The lowest BCUT2D eigenvalue weighted by Gasteiger charge is -2.20. The van der Waals surface area contributed by atoms with E-state index in [1.54, 1.807) is 18.9 Å². The summed E-state index contributed by atoms with van der Waals surface area (Å²) in [6.45, 7) is 4.39. The van der Waals surface area contributed by atoms with Gasteiger partial charge in [0.25, 0.3) is 11.1 Å². The first-order valence-corrected chi connectivity index (χ1v) is 12.7. The molecule has 5 rings (SSSR count). The fraction of sp³-hybridized carbons (Fsp3) is 0.333. The van der Waals surface area contributed by atoms with Crippen LogP contribution >= 0.6 is 0 Å². The lowest BCUT2D eigenvalue weighted by Crippen LogP contribution is -2.30. The van der Waals surface area contributed by atoms with Crippen LogP contribution < -0.4 is 21.8 Å². The number of rotatable bonds is 7. The summed E-state index contributed by atoms with van der Waals surface area (Å²) in [6.07, 6.45) is -3.40. The lowest BCUT2D eigenvalue weighted by atomic mass is 9.88. The lowest BCUT2D eigenvalue weighted by molar-refractivity contribution is -0.138. The SMILES string of the molecule is C[C@H](C[C@@H](F)Cn1ccc2cc(-c3ncc4c(n3)NC(=O)C4(C)C)c(F)cc2c1=O)Nc1cn[nH]c(=O)c1C(F)(F)F. The number of carbonyl (C=O) groups excluding carboxylic acids is 1. The maximum atomic E-state index is 15.2. The molecule has 1 aliphatic heterocycles. The van der Waals surface area contributed by atoms with E-state index < -0.39 is 58.5 Å². The van der Waals surface area contributed by atoms with Crippen LogP contribution in [0.4, 0.5) is 33.5 Å². The number of halogens is 5. The number of aromatic nitrogens is 5. The molecule has 0 fully saturated rings. The summed E-state index contributed by atoms with van der Waals surface area (Å²) in [5.74, 6) is -0.793. The number of fused-ring (bicyclic) bond motifs is 2. The van der Waals surface area contributed by atoms with Gasteiger partial charge < -0.3 is 15.2 Å². The summed E-state index contributed by atoms with van der Waals surface area (Å²) in [7, 11) is 0. The molecule has 4 aromatic rings. The summed E-state index contributed by atoms with van der Waals surface area (Å²) in [5.41, 5.74) is -4.47. The summed E-state index contributed by atoms with van der Waals surface area (Å²) in [5, 5.41) is 10.5. The Morgan fingerprint density at radius 2 is 1.88 bits per heavy atom. The minimum Gasteiger partial charge on any atom is -0.381 e. The van der Waals surface area contributed by atoms with E-state index >= 15 is 4.39 Å². The van der Waals surface area contributed by atoms with Gasteiger partial charge in [0.2, 0.25) is 5.91 Å². The molecule has 0 spiro atoms. The first-order valence-electron chi connectivity index (χ1n) is 12.7. The molecule has 1 amide bonds. The molecular weight excluding hydrogens is 565 g/mol. The number of aromatic amines is 1. The van der Waals surface area contributed by atoms with Crippen LogP contribution in [-0.4, -0.2) is 42.9 Å². The third-order valence-corrected chi connectivity index (χ3v) is 7.11. The van der Waals surface area contributed by atoms with Crippen molar-refractivity contribution < 1.29 is 26.7 Å². The molecule has 0 aliphatic carbocycles. The Bertz CT molecular complexity index is 1830. The Morgan fingerprint density at radius 1 is 1.14 bits per heavy atom. The summed E-state index contributed by atoms with van der Waals surface area (Å²) < 4.78 is 71.0. The first-order chi connectivity index (χ1) is 19.7. The van der Waals surface area contributed by atoms with Crippen molar-refractivity contribution in [3.63, 3.8) is 0 Å². The van der Waals surface area contributed by atoms with Crippen LogP contribution in [0, 0.1) is 5.82 Å². The Morgan fingerprint density at radius 3 is 2.60 bits per heavy atom. The number of nitrogens with one attached hydrogen (secondary N) is 3. The summed E-state index contributed by atoms with van der Waals surface area (Å²) in [4.78, 5) is 45.4. The molecule has 220 valence electrons. The molecule has 0 saturated heterocycles. The number of H-pyrrole nitrogens is 1. The van der Waals surface area contributed by atoms with Crippen molar-refractivity contribution in [1.82, 2.24) is 24.7 Å². The second-order valence-corrected chi connectivity index (χ2v) is 10.6. The van der Waals surface area contributed by atoms with E-state index in [2.05, 4.69) is 25.7 Å². The van der Waals surface area contributed by atoms with E-state index in [0.29, 0.717) is 10.9 Å². The van der Waals surface area contributed by atoms with Gasteiger partial charge in [0, 0.05) is 30.4 Å². The number of amides is 1. The van der Waals surface area contributed by atoms with Crippen molar-refractivity contribution in [2.24, 2.45) is 0 Å². The number of nitrogens with zero attached hydrogens (tertiary/aromatic N) is 4. The largest absolute Gasteiger partial charge is 0.423 e. The Balaban J connectivity index is 1.34. The number of benzene rings is 1. The van der Waals surface area contributed by atoms with Crippen molar-refractivity contribution >= 4 is 28.2 Å². The maximum absolute atomic E-state index is 15.2. The predicted molar refractivity (Wildman–Crippen MR) is 143 cm³/mol. The standard InChI is InChI=1S/C27H24F5N7O3/c1-12(35-19-10-34-38-23(40)20(19)27(30,31)32)6-14(28)11-39-5-4-13-7-16(18(29)8-15(13)24(39)41)21-33-9-17-22(36-21)37-25(42)26(17,2)3/h4-5,7-10,12,14H,6,11H2,1-3H3,(H2,35,38,40)(H,33,36,37,42)/t12-,14-/m1/s1. The van der Waals surface area contributed by atoms with Gasteiger partial charge in [-0.15, -0.1) is 0 Å². The maximum Gasteiger partial charge on any atom is 0.423 e. The minimum absolute atomic E-state index is 0.00265. The highest BCUT2D eigenvalue weighted by Gasteiger charge is 2.40. The minimum atomic E-state index is -4.96. The second kappa shape index (κ2) is 10.3. The van der Waals surface area contributed by atoms with Gasteiger partial charge >= 0.3 is 6.18 Å². The molecule has 4 heterocycles. The second-order valence-electron chi connectivity index (χ2n) is 10.6. The van der Waals surface area contributed by atoms with Gasteiger partial charge in [-0.2, -0.15) is 18.3 Å². The molecule has 0 saturated carbocycles. The number of alkyl halides is 4. The van der Waals surface area contributed by atoms with Gasteiger partial charge in [0.1, 0.15) is 23.4 Å². The van der Waals surface area contributed by atoms with Crippen LogP contribution in [0.25, 0.3) is 22.2 Å². The summed E-state index contributed by atoms with van der Waals surface area (Å²) >= 11 is 0. The number of hydrogen-bond donors (Lipinski definition) is 3. The van der Waals surface area contributed by atoms with Crippen LogP contribution in [-0.2, 0) is 22.9 Å². The Kier molecular flexibility index (Phi) is 7.07. The zero-order valence-corrected chi connectivity index (χ0v) is 22.4. The van der Waals surface area contributed by atoms with Gasteiger partial charge in [-0.25, -0.2) is 23.8 Å². The molecule has 15 heteroatoms. The van der Waals surface area contributed by atoms with Crippen LogP contribution in [0.2, 0.25) is 0 Å². The molecule has 1 aliphatic rings. The van der Waals surface area contributed by atoms with Crippen molar-refractivity contribution in [1.29, 1.82) is 0 Å². The van der Waals surface area contributed by atoms with Crippen molar-refractivity contribution in [2.75, 3.05) is 10.6 Å². The number of carbonyl (C=O) groups is 1. The van der Waals surface area contributed by atoms with Crippen molar-refractivity contribution in [3.8, 4) is 11.4 Å². The number of hydrogen-bond acceptors (Lipinski definition) is 7. The van der Waals surface area contributed by atoms with E-state index in [1.165, 1.54) is 31.5 Å². The van der Waals surface area contributed by atoms with E-state index in [1.807, 2.05) is 0 Å². The molecule has 1 aromatic carbocycles. The van der Waals surface area contributed by atoms with Crippen LogP contribution in [0.15, 0.2) is 46.4 Å². The normalized spacial score (nSPS) is 15.8. The molecule has 42 heavy (non-hydrogen) atoms. The highest BCUT2D eigenvalue weighted by atomic mass is 19.4. The Labute approximate surface area is 234 Å². The fourth-order valence-corrected chi connectivity index (χ4v) is 4.86. The van der Waals surface area contributed by atoms with Crippen molar-refractivity contribution in [2.45, 2.75) is 57.5 Å². The van der Waals surface area contributed by atoms with Gasteiger partial charge in [0.05, 0.1) is 34.8 Å². The van der Waals surface area contributed by atoms with Gasteiger partial charge in [-0.3, -0.25) is 14.4 Å². The molecule has 3 N–H and O–H groups in total. The molecule has 2 atom stereocenters. The van der Waals surface area contributed by atoms with Crippen LogP contribution in [0.1, 0.15) is 38.3 Å². The molecule has 0 unspecified atom stereocenters. The van der Waals surface area contributed by atoms with E-state index in [4.69, 9.17) is 0 Å². The third-order valence-electron chi connectivity index (χ3n) is 7.11. The monoisotopic (exact) mass is 589 g/mol. The van der Waals surface area contributed by atoms with Gasteiger partial charge in [-0.1, -0.05) is 0 Å². The smallest absolute Gasteiger partial charge is 0.381 e. The fourth-order valence-electron chi connectivity index (χ4n) is 4.86. The van der Waals surface area contributed by atoms with Gasteiger partial charge in [0.15, 0.2) is 5.82 Å². The zero-order valence-electron chi connectivity index (χ0n) is 22.4. The zero-order chi connectivity index (χ0) is 30.6. The van der Waals surface area contributed by atoms with E-state index in [0.717, 1.165) is 16.8 Å². The van der Waals surface area contributed by atoms with E-state index in [-0.39, 0.29) is 34.9 Å². The predicted octanol–water partition coefficient (Wildman–Crippen LogP) is 4.16. The number of pyridine rings is 1. The average Bonchev–Trinajstić information content (AvgIpc) is 3.12. The molecular formula is C27H24F5N7O3. The molecule has 0 bridgehead atoms. The van der Waals surface area contributed by atoms with Crippen LogP contribution in [0.5, 0.6) is 0 Å². The third kappa shape index (κ3) is 5.21. The summed E-state index contributed by atoms with van der Waals surface area (Å²) in [6, 6.07) is 3.00. The van der Waals surface area contributed by atoms with Crippen molar-refractivity contribution in [3.05, 3.63) is 74.4 Å². The van der Waals surface area contributed by atoms with E-state index in [9.17, 15) is 31.9 Å². The molecule has 3 aromatic heterocycles. The first kappa shape index (κ1) is 28.8. The topological polar surface area (TPSA) is 135 Å². The van der Waals surface area contributed by atoms with Crippen LogP contribution in [0.3, 0.4) is 0 Å². The quantitative estimate of drug-likeness (QED) is 0.276. The highest BCUT2D eigenvalue weighted by Crippen LogP contribution is 2.37. The average molecular weight is 590 g/mol. The van der Waals surface area contributed by atoms with Gasteiger partial charge in [-0.05, 0) is 44.4 Å².